The summed E-state index contributed by atoms with van der Waals surface area (Å²) in [6.07, 6.45) is 0. The van der Waals surface area contributed by atoms with Gasteiger partial charge < -0.3 is 10.2 Å². The second-order valence-corrected chi connectivity index (χ2v) is 7.15. The van der Waals surface area contributed by atoms with Crippen LogP contribution >= 0.6 is 15.9 Å². The van der Waals surface area contributed by atoms with E-state index < -0.39 is 0 Å². The number of anilines is 1. The Balaban J connectivity index is 2.15. The molecule has 0 bridgehead atoms. The quantitative estimate of drug-likeness (QED) is 0.874. The van der Waals surface area contributed by atoms with Crippen molar-refractivity contribution < 1.29 is 0 Å². The Hall–Kier alpha value is -0.580. The van der Waals surface area contributed by atoms with E-state index in [9.17, 15) is 0 Å². The topological polar surface area (TPSA) is 18.5 Å². The Morgan fingerprint density at radius 2 is 2.10 bits per heavy atom. The zero-order chi connectivity index (χ0) is 15.4. The highest BCUT2D eigenvalue weighted by molar-refractivity contribution is 9.10. The van der Waals surface area contributed by atoms with Gasteiger partial charge in [0.1, 0.15) is 0 Å². The zero-order valence-electron chi connectivity index (χ0n) is 13.7. The molecule has 118 valence electrons. The van der Waals surface area contributed by atoms with Gasteiger partial charge in [0.05, 0.1) is 0 Å². The molecule has 3 nitrogen and oxygen atoms in total. The van der Waals surface area contributed by atoms with Crippen molar-refractivity contribution in [3.05, 3.63) is 28.2 Å². The van der Waals surface area contributed by atoms with E-state index in [0.29, 0.717) is 12.1 Å². The third-order valence-corrected chi connectivity index (χ3v) is 4.75. The van der Waals surface area contributed by atoms with Crippen LogP contribution in [0.1, 0.15) is 33.3 Å². The van der Waals surface area contributed by atoms with Crippen LogP contribution in [0, 0.1) is 0 Å². The van der Waals surface area contributed by atoms with Gasteiger partial charge in [-0.15, -0.1) is 0 Å². The lowest BCUT2D eigenvalue weighted by molar-refractivity contribution is 0.199. The molecule has 1 unspecified atom stereocenters. The van der Waals surface area contributed by atoms with Crippen molar-refractivity contribution in [2.24, 2.45) is 0 Å². The fourth-order valence-corrected chi connectivity index (χ4v) is 3.41. The number of nitrogens with one attached hydrogen (secondary N) is 1. The van der Waals surface area contributed by atoms with E-state index in [0.717, 1.165) is 37.2 Å². The first-order valence-corrected chi connectivity index (χ1v) is 8.81. The molecule has 0 amide bonds. The molecule has 1 N–H and O–H groups in total. The fraction of sp³-hybridized carbons (Fsp3) is 0.647. The Kier molecular flexibility index (Phi) is 6.08. The molecule has 0 saturated carbocycles. The maximum atomic E-state index is 3.61. The SMILES string of the molecule is CCN1CCN(c2ccc(Br)cc2CNC(C)C)CC1C. The summed E-state index contributed by atoms with van der Waals surface area (Å²) in [5.41, 5.74) is 2.77. The van der Waals surface area contributed by atoms with Crippen molar-refractivity contribution >= 4 is 21.6 Å². The molecule has 1 saturated heterocycles. The predicted octanol–water partition coefficient (Wildman–Crippen LogP) is 3.48. The maximum absolute atomic E-state index is 3.61. The van der Waals surface area contributed by atoms with Crippen molar-refractivity contribution in [2.75, 3.05) is 31.1 Å². The fourth-order valence-electron chi connectivity index (χ4n) is 3.00. The van der Waals surface area contributed by atoms with Crippen molar-refractivity contribution in [2.45, 2.75) is 46.3 Å². The molecule has 1 atom stereocenters. The summed E-state index contributed by atoms with van der Waals surface area (Å²) in [6.45, 7) is 14.4. The summed E-state index contributed by atoms with van der Waals surface area (Å²) in [5, 5.41) is 3.54. The van der Waals surface area contributed by atoms with E-state index in [1.807, 2.05) is 0 Å². The van der Waals surface area contributed by atoms with Crippen LogP contribution in [-0.4, -0.2) is 43.2 Å². The number of halogens is 1. The molecule has 1 heterocycles. The third-order valence-electron chi connectivity index (χ3n) is 4.25. The summed E-state index contributed by atoms with van der Waals surface area (Å²) >= 11 is 3.61. The molecule has 1 aromatic carbocycles. The van der Waals surface area contributed by atoms with Crippen LogP contribution in [-0.2, 0) is 6.54 Å². The average molecular weight is 354 g/mol. The van der Waals surface area contributed by atoms with Crippen molar-refractivity contribution in [1.29, 1.82) is 0 Å². The number of likely N-dealkylation sites (N-methyl/N-ethyl adjacent to an activating group) is 1. The monoisotopic (exact) mass is 353 g/mol. The third kappa shape index (κ3) is 4.44. The van der Waals surface area contributed by atoms with E-state index in [-0.39, 0.29) is 0 Å². The molecule has 0 spiro atoms. The number of rotatable bonds is 5. The molecule has 4 heteroatoms. The van der Waals surface area contributed by atoms with Gasteiger partial charge >= 0.3 is 0 Å². The molecule has 1 aliphatic rings. The Labute approximate surface area is 137 Å². The van der Waals surface area contributed by atoms with Crippen LogP contribution in [0.5, 0.6) is 0 Å². The Morgan fingerprint density at radius 3 is 2.71 bits per heavy atom. The maximum Gasteiger partial charge on any atom is 0.0413 e. The van der Waals surface area contributed by atoms with Crippen LogP contribution < -0.4 is 10.2 Å². The molecular formula is C17H28BrN3. The number of nitrogens with zero attached hydrogens (tertiary/aromatic N) is 2. The molecule has 1 aliphatic heterocycles. The van der Waals surface area contributed by atoms with Gasteiger partial charge in [0.2, 0.25) is 0 Å². The molecule has 2 rings (SSSR count). The molecule has 0 aliphatic carbocycles. The second kappa shape index (κ2) is 7.61. The van der Waals surface area contributed by atoms with Crippen LogP contribution in [0.15, 0.2) is 22.7 Å². The lowest BCUT2D eigenvalue weighted by Crippen LogP contribution is -2.52. The standard InChI is InChI=1S/C17H28BrN3/c1-5-20-8-9-21(12-14(20)4)17-7-6-16(18)10-15(17)11-19-13(2)3/h6-7,10,13-14,19H,5,8-9,11-12H2,1-4H3. The highest BCUT2D eigenvalue weighted by Gasteiger charge is 2.23. The van der Waals surface area contributed by atoms with Crippen molar-refractivity contribution in [3.63, 3.8) is 0 Å². The van der Waals surface area contributed by atoms with Crippen LogP contribution in [0.25, 0.3) is 0 Å². The summed E-state index contributed by atoms with van der Waals surface area (Å²) in [6, 6.07) is 7.80. The molecule has 0 radical (unpaired) electrons. The van der Waals surface area contributed by atoms with Crippen molar-refractivity contribution in [3.8, 4) is 0 Å². The van der Waals surface area contributed by atoms with E-state index in [1.165, 1.54) is 11.3 Å². The predicted molar refractivity (Wildman–Crippen MR) is 95.0 cm³/mol. The van der Waals surface area contributed by atoms with Gasteiger partial charge in [-0.25, -0.2) is 0 Å². The number of hydrogen-bond acceptors (Lipinski definition) is 3. The van der Waals surface area contributed by atoms with Gasteiger partial charge in [-0.3, -0.25) is 4.90 Å². The first-order valence-electron chi connectivity index (χ1n) is 8.02. The van der Waals surface area contributed by atoms with Gasteiger partial charge in [0.25, 0.3) is 0 Å². The van der Waals surface area contributed by atoms with Gasteiger partial charge in [0.15, 0.2) is 0 Å². The second-order valence-electron chi connectivity index (χ2n) is 6.23. The highest BCUT2D eigenvalue weighted by Crippen LogP contribution is 2.27. The summed E-state index contributed by atoms with van der Waals surface area (Å²) in [5.74, 6) is 0. The Bertz CT molecular complexity index is 461. The van der Waals surface area contributed by atoms with Crippen LogP contribution in [0.4, 0.5) is 5.69 Å². The smallest absolute Gasteiger partial charge is 0.0413 e. The molecule has 21 heavy (non-hydrogen) atoms. The highest BCUT2D eigenvalue weighted by atomic mass is 79.9. The normalized spacial score (nSPS) is 20.3. The average Bonchev–Trinajstić information content (AvgIpc) is 2.45. The molecule has 1 aromatic rings. The minimum absolute atomic E-state index is 0.507. The molecular weight excluding hydrogens is 326 g/mol. The molecule has 0 aromatic heterocycles. The largest absolute Gasteiger partial charge is 0.368 e. The summed E-state index contributed by atoms with van der Waals surface area (Å²) in [4.78, 5) is 5.10. The van der Waals surface area contributed by atoms with Crippen molar-refractivity contribution in [1.82, 2.24) is 10.2 Å². The number of hydrogen-bond donors (Lipinski definition) is 1. The van der Waals surface area contributed by atoms with Gasteiger partial charge in [0, 0.05) is 48.4 Å². The Morgan fingerprint density at radius 1 is 1.33 bits per heavy atom. The van der Waals surface area contributed by atoms with E-state index in [2.05, 4.69) is 76.9 Å². The lowest BCUT2D eigenvalue weighted by atomic mass is 10.1. The zero-order valence-corrected chi connectivity index (χ0v) is 15.3. The van der Waals surface area contributed by atoms with Gasteiger partial charge in [-0.1, -0.05) is 36.7 Å². The number of piperazine rings is 1. The minimum atomic E-state index is 0.507. The van der Waals surface area contributed by atoms with Crippen LogP contribution in [0.2, 0.25) is 0 Å². The van der Waals surface area contributed by atoms with E-state index in [4.69, 9.17) is 0 Å². The van der Waals surface area contributed by atoms with Gasteiger partial charge in [-0.05, 0) is 37.2 Å². The molecule has 1 fully saturated rings. The summed E-state index contributed by atoms with van der Waals surface area (Å²) in [7, 11) is 0. The van der Waals surface area contributed by atoms with E-state index in [1.54, 1.807) is 0 Å². The lowest BCUT2D eigenvalue weighted by Gasteiger charge is -2.41. The van der Waals surface area contributed by atoms with E-state index >= 15 is 0 Å². The number of benzene rings is 1. The minimum Gasteiger partial charge on any atom is -0.368 e. The first-order chi connectivity index (χ1) is 10.0. The van der Waals surface area contributed by atoms with Crippen LogP contribution in [0.3, 0.4) is 0 Å². The van der Waals surface area contributed by atoms with Gasteiger partial charge in [-0.2, -0.15) is 0 Å². The summed E-state index contributed by atoms with van der Waals surface area (Å²) < 4.78 is 1.16. The first kappa shape index (κ1) is 16.8.